The Kier molecular flexibility index (Phi) is 6.64. The van der Waals surface area contributed by atoms with Crippen LogP contribution < -0.4 is 21.3 Å². The second-order valence-corrected chi connectivity index (χ2v) is 8.15. The molecule has 0 aliphatic carbocycles. The topological polar surface area (TPSA) is 108 Å². The Bertz CT molecular complexity index is 1420. The molecule has 1 N–H and O–H groups in total. The van der Waals surface area contributed by atoms with Crippen molar-refractivity contribution < 1.29 is 9.53 Å². The third-order valence-electron chi connectivity index (χ3n) is 5.04. The lowest BCUT2D eigenvalue weighted by molar-refractivity contribution is 0.0946. The van der Waals surface area contributed by atoms with Crippen LogP contribution in [0.5, 0.6) is 5.75 Å². The second-order valence-electron chi connectivity index (χ2n) is 7.23. The Labute approximate surface area is 196 Å². The molecule has 33 heavy (non-hydrogen) atoms. The lowest BCUT2D eigenvalue weighted by atomic mass is 10.2. The van der Waals surface area contributed by atoms with E-state index in [0.29, 0.717) is 11.3 Å². The van der Waals surface area contributed by atoms with Gasteiger partial charge >= 0.3 is 5.69 Å². The standard InChI is InChI=1S/C23H20BrN5O4/c1-28-20-14-26-19(21(30)27-13-15-3-2-8-25-12-15)11-18(20)22(31)29(23(28)32)9-10-33-17-6-4-16(24)5-7-17/h2-8,11-12,14H,9-10,13H2,1H3,(H,27,30). The molecule has 0 fully saturated rings. The molecule has 4 aromatic rings. The van der Waals surface area contributed by atoms with Gasteiger partial charge in [-0.1, -0.05) is 22.0 Å². The molecule has 3 heterocycles. The van der Waals surface area contributed by atoms with Crippen LogP contribution in [-0.4, -0.2) is 31.6 Å². The summed E-state index contributed by atoms with van der Waals surface area (Å²) in [7, 11) is 1.56. The number of rotatable bonds is 7. The molecule has 1 aromatic carbocycles. The number of amides is 1. The van der Waals surface area contributed by atoms with Crippen molar-refractivity contribution in [2.45, 2.75) is 13.1 Å². The molecule has 0 bridgehead atoms. The third kappa shape index (κ3) is 5.01. The van der Waals surface area contributed by atoms with Gasteiger partial charge in [-0.25, -0.2) is 9.78 Å². The van der Waals surface area contributed by atoms with Crippen LogP contribution in [0.3, 0.4) is 0 Å². The molecular weight excluding hydrogens is 490 g/mol. The van der Waals surface area contributed by atoms with Gasteiger partial charge in [-0.05, 0) is 42.0 Å². The number of halogens is 1. The van der Waals surface area contributed by atoms with E-state index in [9.17, 15) is 14.4 Å². The highest BCUT2D eigenvalue weighted by molar-refractivity contribution is 9.10. The average Bonchev–Trinajstić information content (AvgIpc) is 2.84. The van der Waals surface area contributed by atoms with Gasteiger partial charge in [-0.15, -0.1) is 0 Å². The summed E-state index contributed by atoms with van der Waals surface area (Å²) in [5.41, 5.74) is 0.277. The lowest BCUT2D eigenvalue weighted by Crippen LogP contribution is -2.40. The summed E-state index contributed by atoms with van der Waals surface area (Å²) in [5.74, 6) is 0.194. The van der Waals surface area contributed by atoms with Crippen molar-refractivity contribution in [1.29, 1.82) is 0 Å². The monoisotopic (exact) mass is 509 g/mol. The van der Waals surface area contributed by atoms with Gasteiger partial charge in [-0.3, -0.25) is 23.7 Å². The molecule has 0 unspecified atom stereocenters. The highest BCUT2D eigenvalue weighted by Crippen LogP contribution is 2.16. The summed E-state index contributed by atoms with van der Waals surface area (Å²) < 4.78 is 9.00. The predicted molar refractivity (Wildman–Crippen MR) is 126 cm³/mol. The number of benzene rings is 1. The Morgan fingerprint density at radius 2 is 1.94 bits per heavy atom. The Balaban J connectivity index is 1.56. The number of aromatic nitrogens is 4. The highest BCUT2D eigenvalue weighted by atomic mass is 79.9. The van der Waals surface area contributed by atoms with E-state index in [4.69, 9.17) is 4.74 Å². The molecule has 3 aromatic heterocycles. The van der Waals surface area contributed by atoms with Gasteiger partial charge in [0.05, 0.1) is 23.6 Å². The summed E-state index contributed by atoms with van der Waals surface area (Å²) in [5, 5.41) is 2.98. The number of pyridine rings is 2. The van der Waals surface area contributed by atoms with Gasteiger partial charge in [-0.2, -0.15) is 0 Å². The molecule has 9 nitrogen and oxygen atoms in total. The number of carbonyl (C=O) groups excluding carboxylic acids is 1. The number of ether oxygens (including phenoxy) is 1. The first-order valence-corrected chi connectivity index (χ1v) is 10.9. The number of fused-ring (bicyclic) bond motifs is 1. The van der Waals surface area contributed by atoms with Crippen LogP contribution in [0.15, 0.2) is 75.1 Å². The summed E-state index contributed by atoms with van der Waals surface area (Å²) in [6, 6.07) is 12.3. The maximum atomic E-state index is 13.1. The number of aryl methyl sites for hydroxylation is 1. The molecule has 10 heteroatoms. The number of hydrogen-bond donors (Lipinski definition) is 1. The molecule has 0 spiro atoms. The van der Waals surface area contributed by atoms with E-state index in [0.717, 1.165) is 14.6 Å². The van der Waals surface area contributed by atoms with Crippen molar-refractivity contribution in [3.63, 3.8) is 0 Å². The van der Waals surface area contributed by atoms with Gasteiger partial charge < -0.3 is 10.1 Å². The fourth-order valence-electron chi connectivity index (χ4n) is 3.29. The number of carbonyl (C=O) groups is 1. The summed E-state index contributed by atoms with van der Waals surface area (Å²) in [6.45, 7) is 0.464. The van der Waals surface area contributed by atoms with Crippen LogP contribution in [0.2, 0.25) is 0 Å². The first-order chi connectivity index (χ1) is 15.9. The second kappa shape index (κ2) is 9.78. The lowest BCUT2D eigenvalue weighted by Gasteiger charge is -2.12. The third-order valence-corrected chi connectivity index (χ3v) is 5.57. The van der Waals surface area contributed by atoms with Crippen molar-refractivity contribution in [2.24, 2.45) is 7.05 Å². The number of nitrogens with one attached hydrogen (secondary N) is 1. The molecule has 0 atom stereocenters. The summed E-state index contributed by atoms with van der Waals surface area (Å²) >= 11 is 3.36. The SMILES string of the molecule is Cn1c(=O)n(CCOc2ccc(Br)cc2)c(=O)c2cc(C(=O)NCc3cccnc3)ncc21. The normalized spacial score (nSPS) is 10.8. The Morgan fingerprint density at radius 1 is 1.15 bits per heavy atom. The largest absolute Gasteiger partial charge is 0.492 e. The quantitative estimate of drug-likeness (QED) is 0.409. The van der Waals surface area contributed by atoms with Crippen molar-refractivity contribution in [2.75, 3.05) is 6.61 Å². The fourth-order valence-corrected chi connectivity index (χ4v) is 3.55. The molecule has 0 saturated heterocycles. The van der Waals surface area contributed by atoms with Crippen molar-refractivity contribution in [3.8, 4) is 5.75 Å². The Morgan fingerprint density at radius 3 is 2.67 bits per heavy atom. The predicted octanol–water partition coefficient (Wildman–Crippen LogP) is 2.26. The maximum absolute atomic E-state index is 13.1. The molecule has 4 rings (SSSR count). The van der Waals surface area contributed by atoms with E-state index in [1.807, 2.05) is 18.2 Å². The smallest absolute Gasteiger partial charge is 0.331 e. The minimum absolute atomic E-state index is 0.0579. The van der Waals surface area contributed by atoms with E-state index < -0.39 is 17.2 Å². The van der Waals surface area contributed by atoms with Crippen LogP contribution in [0.1, 0.15) is 16.1 Å². The van der Waals surface area contributed by atoms with Crippen LogP contribution in [0.25, 0.3) is 10.9 Å². The molecule has 0 aliphatic heterocycles. The zero-order chi connectivity index (χ0) is 23.4. The van der Waals surface area contributed by atoms with Crippen molar-refractivity contribution >= 4 is 32.7 Å². The zero-order valence-electron chi connectivity index (χ0n) is 17.7. The number of hydrogen-bond acceptors (Lipinski definition) is 6. The minimum Gasteiger partial charge on any atom is -0.492 e. The van der Waals surface area contributed by atoms with Gasteiger partial charge in [0.2, 0.25) is 0 Å². The fraction of sp³-hybridized carbons (Fsp3) is 0.174. The van der Waals surface area contributed by atoms with Gasteiger partial charge in [0.25, 0.3) is 11.5 Å². The van der Waals surface area contributed by atoms with Gasteiger partial charge in [0, 0.05) is 30.5 Å². The van der Waals surface area contributed by atoms with Crippen molar-refractivity contribution in [1.82, 2.24) is 24.4 Å². The summed E-state index contributed by atoms with van der Waals surface area (Å²) in [4.78, 5) is 46.5. The highest BCUT2D eigenvalue weighted by Gasteiger charge is 2.15. The van der Waals surface area contributed by atoms with Crippen LogP contribution in [-0.2, 0) is 20.1 Å². The van der Waals surface area contributed by atoms with Crippen LogP contribution in [0, 0.1) is 0 Å². The maximum Gasteiger partial charge on any atom is 0.331 e. The average molecular weight is 510 g/mol. The molecule has 0 saturated carbocycles. The van der Waals surface area contributed by atoms with Crippen molar-refractivity contribution in [3.05, 3.63) is 97.6 Å². The first-order valence-electron chi connectivity index (χ1n) is 10.1. The minimum atomic E-state index is -0.504. The van der Waals surface area contributed by atoms with E-state index in [1.165, 1.54) is 16.8 Å². The van der Waals surface area contributed by atoms with E-state index in [2.05, 4.69) is 31.2 Å². The Hall–Kier alpha value is -3.79. The molecular formula is C23H20BrN5O4. The van der Waals surface area contributed by atoms with E-state index >= 15 is 0 Å². The van der Waals surface area contributed by atoms with Gasteiger partial charge in [0.1, 0.15) is 18.1 Å². The van der Waals surface area contributed by atoms with E-state index in [1.54, 1.807) is 37.6 Å². The first kappa shape index (κ1) is 22.4. The van der Waals surface area contributed by atoms with E-state index in [-0.39, 0.29) is 30.8 Å². The summed E-state index contributed by atoms with van der Waals surface area (Å²) in [6.07, 6.45) is 4.66. The van der Waals surface area contributed by atoms with Crippen LogP contribution >= 0.6 is 15.9 Å². The number of nitrogens with zero attached hydrogens (tertiary/aromatic N) is 4. The van der Waals surface area contributed by atoms with Gasteiger partial charge in [0.15, 0.2) is 0 Å². The molecule has 1 amide bonds. The van der Waals surface area contributed by atoms with Crippen LogP contribution in [0.4, 0.5) is 0 Å². The molecule has 168 valence electrons. The molecule has 0 aliphatic rings. The zero-order valence-corrected chi connectivity index (χ0v) is 19.3. The molecule has 0 radical (unpaired) electrons.